The molecule has 1 fully saturated rings. The van der Waals surface area contributed by atoms with E-state index in [4.69, 9.17) is 27.8 Å². The van der Waals surface area contributed by atoms with Crippen molar-refractivity contribution in [3.05, 3.63) is 0 Å². The average Bonchev–Trinajstić information content (AvgIpc) is 2.96. The van der Waals surface area contributed by atoms with E-state index in [1.54, 1.807) is 65.2 Å². The summed E-state index contributed by atoms with van der Waals surface area (Å²) < 4.78 is 37.3. The van der Waals surface area contributed by atoms with E-state index in [0.717, 1.165) is 0 Å². The molecule has 352 valence electrons. The third-order valence-electron chi connectivity index (χ3n) is 11.2. The van der Waals surface area contributed by atoms with Crippen LogP contribution in [0.4, 0.5) is 0 Å². The standard InChI is InChI=1S/C44H88N4O10Si2/c1-37(2,3)57-33(49)27-47-29-41(13,14)45-36(52)44(18,54-24-26-56-60(21,22)40(10,11)12)32-48(28-34(50)58-38(4,5)6)30-42(15,16)46-35(51)43(17,31-47)53-23-25-55-59(19,20)39(7,8)9/h23-32H2,1-22H3,(H,45,52)(H,46,51)/t43-,44+. The highest BCUT2D eigenvalue weighted by atomic mass is 28.4. The van der Waals surface area contributed by atoms with Crippen LogP contribution in [0.1, 0.15) is 125 Å². The molecule has 1 rings (SSSR count). The summed E-state index contributed by atoms with van der Waals surface area (Å²) in [5, 5.41) is 6.36. The molecule has 1 saturated heterocycles. The number of nitrogens with one attached hydrogen (secondary N) is 2. The van der Waals surface area contributed by atoms with Crippen molar-refractivity contribution in [2.75, 3.05) is 65.7 Å². The lowest BCUT2D eigenvalue weighted by Crippen LogP contribution is -2.66. The Morgan fingerprint density at radius 1 is 0.533 bits per heavy atom. The predicted molar refractivity (Wildman–Crippen MR) is 244 cm³/mol. The molecule has 16 heteroatoms. The van der Waals surface area contributed by atoms with Crippen molar-refractivity contribution in [2.45, 2.75) is 194 Å². The molecule has 0 aliphatic carbocycles. The largest absolute Gasteiger partial charge is 0.459 e. The van der Waals surface area contributed by atoms with Gasteiger partial charge in [0.25, 0.3) is 11.8 Å². The lowest BCUT2D eigenvalue weighted by Gasteiger charge is -2.44. The van der Waals surface area contributed by atoms with Gasteiger partial charge in [-0.25, -0.2) is 0 Å². The summed E-state index contributed by atoms with van der Waals surface area (Å²) in [6.07, 6.45) is 0. The first kappa shape index (κ1) is 56.1. The summed E-state index contributed by atoms with van der Waals surface area (Å²) >= 11 is 0. The summed E-state index contributed by atoms with van der Waals surface area (Å²) in [6, 6.07) is 0. The lowest BCUT2D eigenvalue weighted by atomic mass is 9.95. The second-order valence-electron chi connectivity index (χ2n) is 23.5. The van der Waals surface area contributed by atoms with Crippen LogP contribution in [0.25, 0.3) is 0 Å². The number of hydrogen-bond acceptors (Lipinski definition) is 12. The highest BCUT2D eigenvalue weighted by molar-refractivity contribution is 6.74. The number of nitrogens with zero attached hydrogens (tertiary/aromatic N) is 2. The van der Waals surface area contributed by atoms with Crippen molar-refractivity contribution in [3.8, 4) is 0 Å². The molecule has 0 radical (unpaired) electrons. The SMILES string of the molecule is CC1(C)CN(CC(=O)OC(C)(C)C)C[C@](C)(OCCO[Si](C)(C)C(C)(C)C)C(=O)NC(C)(C)CN(CC(=O)OC(C)(C)C)C[C@@](C)(OCCO[Si](C)(C)C(C)(C)C)C(=O)N1. The fourth-order valence-corrected chi connectivity index (χ4v) is 8.36. The molecular formula is C44H88N4O10Si2. The van der Waals surface area contributed by atoms with E-state index in [1.165, 1.54) is 0 Å². The molecular weight excluding hydrogens is 801 g/mol. The number of amides is 2. The van der Waals surface area contributed by atoms with Gasteiger partial charge in [0.15, 0.2) is 27.8 Å². The molecule has 2 atom stereocenters. The van der Waals surface area contributed by atoms with Gasteiger partial charge in [0.2, 0.25) is 0 Å². The van der Waals surface area contributed by atoms with Crippen LogP contribution in [0, 0.1) is 0 Å². The van der Waals surface area contributed by atoms with E-state index < -0.39 is 73.9 Å². The average molecular weight is 889 g/mol. The van der Waals surface area contributed by atoms with Crippen molar-refractivity contribution in [1.29, 1.82) is 0 Å². The van der Waals surface area contributed by atoms with Crippen LogP contribution in [0.2, 0.25) is 36.3 Å². The lowest BCUT2D eigenvalue weighted by molar-refractivity contribution is -0.164. The monoisotopic (exact) mass is 889 g/mol. The second kappa shape index (κ2) is 20.3. The molecule has 0 unspecified atom stereocenters. The predicted octanol–water partition coefficient (Wildman–Crippen LogP) is 6.67. The molecule has 60 heavy (non-hydrogen) atoms. The molecule has 2 N–H and O–H groups in total. The van der Waals surface area contributed by atoms with E-state index in [9.17, 15) is 19.2 Å². The van der Waals surface area contributed by atoms with Crippen molar-refractivity contribution in [2.24, 2.45) is 0 Å². The van der Waals surface area contributed by atoms with E-state index in [2.05, 4.69) is 78.4 Å². The summed E-state index contributed by atoms with van der Waals surface area (Å²) in [4.78, 5) is 59.9. The van der Waals surface area contributed by atoms with Crippen molar-refractivity contribution >= 4 is 40.4 Å². The molecule has 0 aromatic heterocycles. The molecule has 0 aromatic carbocycles. The molecule has 1 aliphatic rings. The Morgan fingerprint density at radius 3 is 1.07 bits per heavy atom. The zero-order chi connectivity index (χ0) is 47.2. The number of esters is 2. The first-order chi connectivity index (χ1) is 26.5. The van der Waals surface area contributed by atoms with Gasteiger partial charge in [-0.3, -0.25) is 29.0 Å². The van der Waals surface area contributed by atoms with Gasteiger partial charge >= 0.3 is 11.9 Å². The Balaban J connectivity index is 3.83. The maximum Gasteiger partial charge on any atom is 0.320 e. The third-order valence-corrected chi connectivity index (χ3v) is 20.3. The molecule has 0 spiro atoms. The first-order valence-electron chi connectivity index (χ1n) is 21.6. The highest BCUT2D eigenvalue weighted by Gasteiger charge is 2.46. The Labute approximate surface area is 366 Å². The summed E-state index contributed by atoms with van der Waals surface area (Å²) in [5.41, 5.74) is -6.40. The van der Waals surface area contributed by atoms with Crippen LogP contribution < -0.4 is 10.6 Å². The Morgan fingerprint density at radius 2 is 0.817 bits per heavy atom. The van der Waals surface area contributed by atoms with E-state index >= 15 is 0 Å². The molecule has 2 amide bonds. The summed E-state index contributed by atoms with van der Waals surface area (Å²) in [6.45, 7) is 43.9. The Bertz CT molecular complexity index is 1350. The van der Waals surface area contributed by atoms with Crippen molar-refractivity contribution < 1.29 is 47.0 Å². The second-order valence-corrected chi connectivity index (χ2v) is 33.1. The number of hydrogen-bond donors (Lipinski definition) is 2. The number of ether oxygens (including phenoxy) is 4. The minimum absolute atomic E-state index is 0.0201. The van der Waals surface area contributed by atoms with Gasteiger partial charge in [0.05, 0.1) is 39.5 Å². The van der Waals surface area contributed by atoms with Crippen molar-refractivity contribution in [3.63, 3.8) is 0 Å². The Kier molecular flexibility index (Phi) is 19.0. The summed E-state index contributed by atoms with van der Waals surface area (Å²) in [7, 11) is -4.24. The van der Waals surface area contributed by atoms with Gasteiger partial charge in [0, 0.05) is 37.3 Å². The van der Waals surface area contributed by atoms with Crippen LogP contribution in [-0.2, 0) is 47.0 Å². The van der Waals surface area contributed by atoms with Gasteiger partial charge in [-0.2, -0.15) is 0 Å². The molecule has 0 saturated carbocycles. The van der Waals surface area contributed by atoms with E-state index in [1.807, 2.05) is 27.7 Å². The fraction of sp³-hybridized carbons (Fsp3) is 0.909. The fourth-order valence-electron chi connectivity index (χ4n) is 6.30. The minimum Gasteiger partial charge on any atom is -0.459 e. The minimum atomic E-state index is -2.12. The highest BCUT2D eigenvalue weighted by Crippen LogP contribution is 2.37. The zero-order valence-electron chi connectivity index (χ0n) is 42.0. The van der Waals surface area contributed by atoms with Crippen LogP contribution in [-0.4, -0.2) is 149 Å². The maximum absolute atomic E-state index is 14.7. The van der Waals surface area contributed by atoms with Gasteiger partial charge in [-0.1, -0.05) is 41.5 Å². The molecule has 0 aromatic rings. The third kappa shape index (κ3) is 19.2. The van der Waals surface area contributed by atoms with Gasteiger partial charge < -0.3 is 38.4 Å². The molecule has 1 aliphatic heterocycles. The van der Waals surface area contributed by atoms with Crippen LogP contribution in [0.3, 0.4) is 0 Å². The first-order valence-corrected chi connectivity index (χ1v) is 27.4. The van der Waals surface area contributed by atoms with E-state index in [0.29, 0.717) is 0 Å². The smallest absolute Gasteiger partial charge is 0.320 e. The van der Waals surface area contributed by atoms with Crippen LogP contribution >= 0.6 is 0 Å². The summed E-state index contributed by atoms with van der Waals surface area (Å²) in [5.74, 6) is -1.79. The number of carbonyl (C=O) groups is 4. The maximum atomic E-state index is 14.7. The van der Waals surface area contributed by atoms with Crippen LogP contribution in [0.15, 0.2) is 0 Å². The molecule has 14 nitrogen and oxygen atoms in total. The molecule has 0 bridgehead atoms. The quantitative estimate of drug-likeness (QED) is 0.109. The topological polar surface area (TPSA) is 154 Å². The Hall–Kier alpha value is -1.93. The van der Waals surface area contributed by atoms with E-state index in [-0.39, 0.29) is 75.8 Å². The zero-order valence-corrected chi connectivity index (χ0v) is 44.0. The van der Waals surface area contributed by atoms with Gasteiger partial charge in [-0.15, -0.1) is 0 Å². The van der Waals surface area contributed by atoms with Gasteiger partial charge in [0.1, 0.15) is 11.2 Å². The van der Waals surface area contributed by atoms with Crippen LogP contribution in [0.5, 0.6) is 0 Å². The molecule has 1 heterocycles. The normalized spacial score (nSPS) is 23.6. The van der Waals surface area contributed by atoms with Crippen molar-refractivity contribution in [1.82, 2.24) is 20.4 Å². The number of rotatable bonds is 14. The van der Waals surface area contributed by atoms with Gasteiger partial charge in [-0.05, 0) is 119 Å². The number of carbonyl (C=O) groups excluding carboxylic acids is 4.